The van der Waals surface area contributed by atoms with Gasteiger partial charge in [-0.05, 0) is 25.2 Å². The second-order valence-corrected chi connectivity index (χ2v) is 3.95. The van der Waals surface area contributed by atoms with Crippen molar-refractivity contribution in [2.45, 2.75) is 25.4 Å². The molecule has 2 rings (SSSR count). The van der Waals surface area contributed by atoms with Gasteiger partial charge >= 0.3 is 5.97 Å². The molecule has 0 spiro atoms. The monoisotopic (exact) mass is 182 g/mol. The van der Waals surface area contributed by atoms with Crippen LogP contribution in [0.4, 0.5) is 0 Å². The SMILES string of the molecule is O=C(O)[C@H]1[C@H]2CCC/C=C\[C@@H](O)[C@H]21. The first-order valence-electron chi connectivity index (χ1n) is 4.79. The van der Waals surface area contributed by atoms with Crippen LogP contribution in [0.15, 0.2) is 12.2 Å². The molecule has 0 heterocycles. The third kappa shape index (κ3) is 1.48. The van der Waals surface area contributed by atoms with Crippen LogP contribution < -0.4 is 0 Å². The lowest BCUT2D eigenvalue weighted by Crippen LogP contribution is -2.11. The minimum Gasteiger partial charge on any atom is -0.481 e. The highest BCUT2D eigenvalue weighted by Gasteiger charge is 2.57. The highest BCUT2D eigenvalue weighted by atomic mass is 16.4. The molecule has 4 atom stereocenters. The Kier molecular flexibility index (Phi) is 2.12. The van der Waals surface area contributed by atoms with E-state index in [0.717, 1.165) is 19.3 Å². The Bertz CT molecular complexity index is 247. The maximum Gasteiger partial charge on any atom is 0.307 e. The van der Waals surface area contributed by atoms with Gasteiger partial charge in [0.1, 0.15) is 0 Å². The molecule has 1 fully saturated rings. The maximum absolute atomic E-state index is 10.8. The van der Waals surface area contributed by atoms with Gasteiger partial charge in [-0.25, -0.2) is 0 Å². The highest BCUT2D eigenvalue weighted by Crippen LogP contribution is 2.52. The van der Waals surface area contributed by atoms with Crippen LogP contribution in [0.3, 0.4) is 0 Å². The Morgan fingerprint density at radius 1 is 1.46 bits per heavy atom. The Balaban J connectivity index is 2.09. The first-order valence-corrected chi connectivity index (χ1v) is 4.79. The van der Waals surface area contributed by atoms with E-state index >= 15 is 0 Å². The molecule has 72 valence electrons. The van der Waals surface area contributed by atoms with Gasteiger partial charge in [-0.3, -0.25) is 4.79 Å². The lowest BCUT2D eigenvalue weighted by Gasteiger charge is -2.06. The highest BCUT2D eigenvalue weighted by molar-refractivity contribution is 5.74. The van der Waals surface area contributed by atoms with E-state index in [-0.39, 0.29) is 17.8 Å². The van der Waals surface area contributed by atoms with E-state index in [2.05, 4.69) is 0 Å². The lowest BCUT2D eigenvalue weighted by atomic mass is 10.0. The summed E-state index contributed by atoms with van der Waals surface area (Å²) in [5.41, 5.74) is 0. The quantitative estimate of drug-likeness (QED) is 0.595. The van der Waals surface area contributed by atoms with Gasteiger partial charge in [0.15, 0.2) is 0 Å². The van der Waals surface area contributed by atoms with Crippen molar-refractivity contribution in [2.24, 2.45) is 17.8 Å². The number of rotatable bonds is 1. The molecule has 0 radical (unpaired) electrons. The Hall–Kier alpha value is -0.830. The minimum absolute atomic E-state index is 0.0194. The molecule has 2 aliphatic carbocycles. The molecular weight excluding hydrogens is 168 g/mol. The zero-order valence-corrected chi connectivity index (χ0v) is 7.39. The molecule has 0 unspecified atom stereocenters. The summed E-state index contributed by atoms with van der Waals surface area (Å²) in [6.45, 7) is 0. The van der Waals surface area contributed by atoms with Crippen LogP contribution >= 0.6 is 0 Å². The van der Waals surface area contributed by atoms with Gasteiger partial charge < -0.3 is 10.2 Å². The van der Waals surface area contributed by atoms with Crippen LogP contribution in [-0.2, 0) is 4.79 Å². The van der Waals surface area contributed by atoms with E-state index in [9.17, 15) is 9.90 Å². The second kappa shape index (κ2) is 3.14. The second-order valence-electron chi connectivity index (χ2n) is 3.95. The van der Waals surface area contributed by atoms with Crippen LogP contribution in [0, 0.1) is 17.8 Å². The normalized spacial score (nSPS) is 45.6. The number of carboxylic acids is 1. The van der Waals surface area contributed by atoms with Crippen molar-refractivity contribution in [3.8, 4) is 0 Å². The molecule has 13 heavy (non-hydrogen) atoms. The van der Waals surface area contributed by atoms with Crippen molar-refractivity contribution >= 4 is 5.97 Å². The fraction of sp³-hybridized carbons (Fsp3) is 0.700. The van der Waals surface area contributed by atoms with E-state index in [1.54, 1.807) is 6.08 Å². The molecule has 2 N–H and O–H groups in total. The van der Waals surface area contributed by atoms with Gasteiger partial charge in [-0.15, -0.1) is 0 Å². The third-order valence-corrected chi connectivity index (χ3v) is 3.15. The van der Waals surface area contributed by atoms with Crippen LogP contribution in [0.5, 0.6) is 0 Å². The molecule has 0 aromatic carbocycles. The topological polar surface area (TPSA) is 57.5 Å². The van der Waals surface area contributed by atoms with Crippen LogP contribution in [-0.4, -0.2) is 22.3 Å². The van der Waals surface area contributed by atoms with Gasteiger partial charge in [0, 0.05) is 5.92 Å². The van der Waals surface area contributed by atoms with E-state index < -0.39 is 12.1 Å². The molecule has 0 aromatic heterocycles. The molecule has 1 saturated carbocycles. The van der Waals surface area contributed by atoms with Crippen molar-refractivity contribution < 1.29 is 15.0 Å². The first kappa shape index (κ1) is 8.75. The van der Waals surface area contributed by atoms with Gasteiger partial charge in [0.25, 0.3) is 0 Å². The fourth-order valence-corrected chi connectivity index (χ4v) is 2.42. The largest absolute Gasteiger partial charge is 0.481 e. The number of carbonyl (C=O) groups is 1. The summed E-state index contributed by atoms with van der Waals surface area (Å²) < 4.78 is 0. The smallest absolute Gasteiger partial charge is 0.307 e. The van der Waals surface area contributed by atoms with Crippen molar-refractivity contribution in [1.29, 1.82) is 0 Å². The van der Waals surface area contributed by atoms with Crippen LogP contribution in [0.2, 0.25) is 0 Å². The van der Waals surface area contributed by atoms with E-state index in [1.807, 2.05) is 6.08 Å². The standard InChI is InChI=1S/C10H14O3/c11-7-5-3-1-2-4-6-8(7)9(6)10(12)13/h3,5-9,11H,1-2,4H2,(H,12,13)/b5-3-/t6-,7+,8-,9-/m0/s1. The molecule has 0 aromatic rings. The van der Waals surface area contributed by atoms with E-state index in [1.165, 1.54) is 0 Å². The number of aliphatic hydroxyl groups is 1. The summed E-state index contributed by atoms with van der Waals surface area (Å²) in [5.74, 6) is -0.839. The average molecular weight is 182 g/mol. The van der Waals surface area contributed by atoms with Crippen molar-refractivity contribution in [3.63, 3.8) is 0 Å². The Morgan fingerprint density at radius 3 is 2.92 bits per heavy atom. The summed E-state index contributed by atoms with van der Waals surface area (Å²) in [5, 5.41) is 18.4. The van der Waals surface area contributed by atoms with Crippen LogP contribution in [0.25, 0.3) is 0 Å². The first-order chi connectivity index (χ1) is 6.22. The predicted molar refractivity (Wildman–Crippen MR) is 47.1 cm³/mol. The fourth-order valence-electron chi connectivity index (χ4n) is 2.42. The maximum atomic E-state index is 10.8. The minimum atomic E-state index is -0.746. The molecule has 0 amide bonds. The zero-order valence-electron chi connectivity index (χ0n) is 7.39. The molecule has 3 heteroatoms. The summed E-state index contributed by atoms with van der Waals surface area (Å²) in [6.07, 6.45) is 6.13. The average Bonchev–Trinajstić information content (AvgIpc) is 2.74. The van der Waals surface area contributed by atoms with Crippen molar-refractivity contribution in [2.75, 3.05) is 0 Å². The van der Waals surface area contributed by atoms with Crippen molar-refractivity contribution in [1.82, 2.24) is 0 Å². The van der Waals surface area contributed by atoms with E-state index in [0.29, 0.717) is 0 Å². The number of fused-ring (bicyclic) bond motifs is 1. The number of hydrogen-bond acceptors (Lipinski definition) is 2. The number of aliphatic carboxylic acids is 1. The van der Waals surface area contributed by atoms with Gasteiger partial charge in [0.2, 0.25) is 0 Å². The van der Waals surface area contributed by atoms with Crippen molar-refractivity contribution in [3.05, 3.63) is 12.2 Å². The lowest BCUT2D eigenvalue weighted by molar-refractivity contribution is -0.139. The molecular formula is C10H14O3. The molecule has 2 aliphatic rings. The Labute approximate surface area is 77.1 Å². The van der Waals surface area contributed by atoms with Gasteiger partial charge in [-0.2, -0.15) is 0 Å². The number of aliphatic hydroxyl groups excluding tert-OH is 1. The molecule has 0 bridgehead atoms. The molecule has 3 nitrogen and oxygen atoms in total. The predicted octanol–water partition coefficient (Wildman–Crippen LogP) is 1.03. The van der Waals surface area contributed by atoms with Gasteiger partial charge in [0.05, 0.1) is 12.0 Å². The zero-order chi connectivity index (χ0) is 9.42. The molecule has 0 saturated heterocycles. The number of carboxylic acid groups (broad SMARTS) is 1. The summed E-state index contributed by atoms with van der Waals surface area (Å²) in [4.78, 5) is 10.8. The summed E-state index contributed by atoms with van der Waals surface area (Å²) >= 11 is 0. The summed E-state index contributed by atoms with van der Waals surface area (Å²) in [7, 11) is 0. The van der Waals surface area contributed by atoms with Crippen LogP contribution in [0.1, 0.15) is 19.3 Å². The number of hydrogen-bond donors (Lipinski definition) is 2. The van der Waals surface area contributed by atoms with E-state index in [4.69, 9.17) is 5.11 Å². The van der Waals surface area contributed by atoms with Gasteiger partial charge in [-0.1, -0.05) is 12.2 Å². The number of allylic oxidation sites excluding steroid dienone is 1. The summed E-state index contributed by atoms with van der Waals surface area (Å²) in [6, 6.07) is 0. The molecule has 0 aliphatic heterocycles. The Morgan fingerprint density at radius 2 is 2.23 bits per heavy atom. The third-order valence-electron chi connectivity index (χ3n) is 3.15.